The number of piperazine rings is 1. The molecule has 30 heavy (non-hydrogen) atoms. The molecule has 1 saturated heterocycles. The average molecular weight is 423 g/mol. The predicted molar refractivity (Wildman–Crippen MR) is 123 cm³/mol. The van der Waals surface area contributed by atoms with Crippen LogP contribution in [0.2, 0.25) is 5.02 Å². The highest BCUT2D eigenvalue weighted by molar-refractivity contribution is 6.33. The van der Waals surface area contributed by atoms with Crippen LogP contribution in [-0.2, 0) is 6.42 Å². The van der Waals surface area contributed by atoms with E-state index in [2.05, 4.69) is 27.0 Å². The number of benzene rings is 2. The molecular weight excluding hydrogens is 396 g/mol. The van der Waals surface area contributed by atoms with E-state index in [1.807, 2.05) is 36.4 Å². The van der Waals surface area contributed by atoms with Crippen molar-refractivity contribution in [2.45, 2.75) is 19.3 Å². The summed E-state index contributed by atoms with van der Waals surface area (Å²) in [5.41, 5.74) is 4.14. The Morgan fingerprint density at radius 2 is 1.97 bits per heavy atom. The van der Waals surface area contributed by atoms with Crippen LogP contribution in [0.25, 0.3) is 10.9 Å². The van der Waals surface area contributed by atoms with E-state index in [9.17, 15) is 0 Å². The number of nitrogens with one attached hydrogen (secondary N) is 1. The van der Waals surface area contributed by atoms with Gasteiger partial charge in [-0.05, 0) is 61.7 Å². The molecule has 4 rings (SSSR count). The third-order valence-corrected chi connectivity index (χ3v) is 6.23. The number of unbranched alkanes of at least 4 members (excludes halogenated alkanes) is 1. The third kappa shape index (κ3) is 4.40. The van der Waals surface area contributed by atoms with Crippen LogP contribution in [0.15, 0.2) is 42.6 Å². The summed E-state index contributed by atoms with van der Waals surface area (Å²) < 4.78 is 5.51. The number of nitrogens with zero attached hydrogens (tertiary/aromatic N) is 3. The van der Waals surface area contributed by atoms with E-state index in [0.29, 0.717) is 0 Å². The number of anilines is 1. The first-order valence-corrected chi connectivity index (χ1v) is 10.9. The number of rotatable bonds is 7. The van der Waals surface area contributed by atoms with Crippen LogP contribution in [0, 0.1) is 11.3 Å². The summed E-state index contributed by atoms with van der Waals surface area (Å²) in [5.74, 6) is 0.842. The van der Waals surface area contributed by atoms with Gasteiger partial charge in [0.2, 0.25) is 0 Å². The van der Waals surface area contributed by atoms with Crippen molar-refractivity contribution >= 4 is 28.2 Å². The molecule has 5 nitrogen and oxygen atoms in total. The first-order valence-electron chi connectivity index (χ1n) is 10.5. The van der Waals surface area contributed by atoms with E-state index >= 15 is 0 Å². The van der Waals surface area contributed by atoms with Gasteiger partial charge in [-0.3, -0.25) is 4.90 Å². The van der Waals surface area contributed by atoms with E-state index in [0.717, 1.165) is 73.1 Å². The number of ether oxygens (including phenoxy) is 1. The molecule has 0 atom stereocenters. The lowest BCUT2D eigenvalue weighted by molar-refractivity contribution is 0.252. The summed E-state index contributed by atoms with van der Waals surface area (Å²) >= 11 is 6.43. The van der Waals surface area contributed by atoms with Gasteiger partial charge in [0.05, 0.1) is 29.5 Å². The van der Waals surface area contributed by atoms with Gasteiger partial charge in [0.15, 0.2) is 0 Å². The van der Waals surface area contributed by atoms with Crippen molar-refractivity contribution in [3.8, 4) is 11.8 Å². The summed E-state index contributed by atoms with van der Waals surface area (Å²) in [5, 5.41) is 11.1. The number of aromatic nitrogens is 1. The lowest BCUT2D eigenvalue weighted by atomic mass is 10.1. The van der Waals surface area contributed by atoms with Gasteiger partial charge < -0.3 is 14.6 Å². The van der Waals surface area contributed by atoms with E-state index < -0.39 is 0 Å². The lowest BCUT2D eigenvalue weighted by Gasteiger charge is -2.37. The highest BCUT2D eigenvalue weighted by Gasteiger charge is 2.21. The highest BCUT2D eigenvalue weighted by Crippen LogP contribution is 2.36. The molecule has 0 unspecified atom stereocenters. The number of hydrogen-bond acceptors (Lipinski definition) is 4. The molecule has 6 heteroatoms. The molecule has 0 saturated carbocycles. The topological polar surface area (TPSA) is 55.3 Å². The molecule has 1 N–H and O–H groups in total. The van der Waals surface area contributed by atoms with Gasteiger partial charge in [-0.15, -0.1) is 0 Å². The molecule has 3 aromatic rings. The van der Waals surface area contributed by atoms with Crippen molar-refractivity contribution in [1.82, 2.24) is 9.88 Å². The fraction of sp³-hybridized carbons (Fsp3) is 0.375. The van der Waals surface area contributed by atoms with E-state index in [1.54, 1.807) is 7.11 Å². The van der Waals surface area contributed by atoms with Crippen LogP contribution in [0.3, 0.4) is 0 Å². The summed E-state index contributed by atoms with van der Waals surface area (Å²) in [6.45, 7) is 5.10. The Morgan fingerprint density at radius 3 is 2.73 bits per heavy atom. The molecule has 1 aliphatic rings. The zero-order chi connectivity index (χ0) is 20.9. The Labute approximate surface area is 182 Å². The number of aromatic amines is 1. The number of H-pyrrole nitrogens is 1. The predicted octanol–water partition coefficient (Wildman–Crippen LogP) is 4.85. The number of methoxy groups -OCH3 is 1. The van der Waals surface area contributed by atoms with Crippen molar-refractivity contribution in [3.63, 3.8) is 0 Å². The van der Waals surface area contributed by atoms with Crippen LogP contribution < -0.4 is 9.64 Å². The van der Waals surface area contributed by atoms with Crippen molar-refractivity contribution in [3.05, 3.63) is 58.7 Å². The molecule has 0 amide bonds. The van der Waals surface area contributed by atoms with E-state index in [1.165, 1.54) is 17.4 Å². The Hall–Kier alpha value is -2.68. The first-order chi connectivity index (χ1) is 14.7. The number of fused-ring (bicyclic) bond motifs is 1. The molecule has 2 heterocycles. The lowest BCUT2D eigenvalue weighted by Crippen LogP contribution is -2.46. The standard InChI is InChI=1S/C24H27ClN4O/c1-30-23-7-4-6-21(25)24(23)29-13-11-28(12-14-29)10-3-2-5-19-17-27-22-9-8-18(16-26)15-20(19)22/h4,6-9,15,17,27H,2-3,5,10-14H2,1H3. The number of halogens is 1. The quantitative estimate of drug-likeness (QED) is 0.553. The normalized spacial score (nSPS) is 14.8. The number of hydrogen-bond donors (Lipinski definition) is 1. The van der Waals surface area contributed by atoms with Gasteiger partial charge in [-0.2, -0.15) is 5.26 Å². The van der Waals surface area contributed by atoms with Crippen LogP contribution >= 0.6 is 11.6 Å². The minimum atomic E-state index is 0.719. The molecule has 1 fully saturated rings. The second kappa shape index (κ2) is 9.42. The summed E-state index contributed by atoms with van der Waals surface area (Å²) in [4.78, 5) is 8.18. The molecule has 1 aromatic heterocycles. The minimum Gasteiger partial charge on any atom is -0.495 e. The highest BCUT2D eigenvalue weighted by atomic mass is 35.5. The van der Waals surface area contributed by atoms with Crippen molar-refractivity contribution in [1.29, 1.82) is 5.26 Å². The van der Waals surface area contributed by atoms with Gasteiger partial charge in [-0.1, -0.05) is 17.7 Å². The number of nitriles is 1. The van der Waals surface area contributed by atoms with E-state index in [-0.39, 0.29) is 0 Å². The molecule has 2 aromatic carbocycles. The van der Waals surface area contributed by atoms with Gasteiger partial charge in [0, 0.05) is 43.3 Å². The largest absolute Gasteiger partial charge is 0.495 e. The van der Waals surface area contributed by atoms with Crippen LogP contribution in [0.1, 0.15) is 24.0 Å². The molecule has 0 bridgehead atoms. The summed E-state index contributed by atoms with van der Waals surface area (Å²) in [6, 6.07) is 13.9. The Morgan fingerprint density at radius 1 is 1.13 bits per heavy atom. The minimum absolute atomic E-state index is 0.719. The zero-order valence-electron chi connectivity index (χ0n) is 17.3. The van der Waals surface area contributed by atoms with Gasteiger partial charge in [0.1, 0.15) is 5.75 Å². The SMILES string of the molecule is COc1cccc(Cl)c1N1CCN(CCCCc2c[nH]c3ccc(C#N)cc23)CC1. The molecule has 1 aliphatic heterocycles. The maximum Gasteiger partial charge on any atom is 0.143 e. The zero-order valence-corrected chi connectivity index (χ0v) is 18.1. The number of aryl methyl sites for hydroxylation is 1. The van der Waals surface area contributed by atoms with Gasteiger partial charge >= 0.3 is 0 Å². The average Bonchev–Trinajstić information content (AvgIpc) is 3.19. The Balaban J connectivity index is 1.26. The van der Waals surface area contributed by atoms with E-state index in [4.69, 9.17) is 21.6 Å². The smallest absolute Gasteiger partial charge is 0.143 e. The summed E-state index contributed by atoms with van der Waals surface area (Å²) in [7, 11) is 1.69. The Kier molecular flexibility index (Phi) is 6.47. The molecule has 0 spiro atoms. The van der Waals surface area contributed by atoms with Crippen molar-refractivity contribution < 1.29 is 4.74 Å². The van der Waals surface area contributed by atoms with Crippen LogP contribution in [0.5, 0.6) is 5.75 Å². The second-order valence-electron chi connectivity index (χ2n) is 7.76. The number of para-hydroxylation sites is 1. The maximum atomic E-state index is 9.14. The Bertz CT molecular complexity index is 1050. The van der Waals surface area contributed by atoms with Crippen molar-refractivity contribution in [2.24, 2.45) is 0 Å². The fourth-order valence-corrected chi connectivity index (χ4v) is 4.55. The van der Waals surface area contributed by atoms with Crippen molar-refractivity contribution in [2.75, 3.05) is 44.7 Å². The molecular formula is C24H27ClN4O. The fourth-order valence-electron chi connectivity index (χ4n) is 4.27. The molecule has 0 aliphatic carbocycles. The second-order valence-corrected chi connectivity index (χ2v) is 8.17. The monoisotopic (exact) mass is 422 g/mol. The van der Waals surface area contributed by atoms with Crippen LogP contribution in [0.4, 0.5) is 5.69 Å². The van der Waals surface area contributed by atoms with Crippen LogP contribution in [-0.4, -0.2) is 49.7 Å². The summed E-state index contributed by atoms with van der Waals surface area (Å²) in [6.07, 6.45) is 5.43. The van der Waals surface area contributed by atoms with Gasteiger partial charge in [-0.25, -0.2) is 0 Å². The maximum absolute atomic E-state index is 9.14. The first kappa shape index (κ1) is 20.6. The molecule has 0 radical (unpaired) electrons. The van der Waals surface area contributed by atoms with Gasteiger partial charge in [0.25, 0.3) is 0 Å². The third-order valence-electron chi connectivity index (χ3n) is 5.93. The molecule has 156 valence electrons.